The number of hydrogen-bond acceptors (Lipinski definition) is 11. The van der Waals surface area contributed by atoms with Gasteiger partial charge in [0.15, 0.2) is 0 Å². The molecule has 3 aromatic rings. The van der Waals surface area contributed by atoms with Crippen LogP contribution in [-0.4, -0.2) is 95.7 Å². The average Bonchev–Trinajstić information content (AvgIpc) is 4.00. The van der Waals surface area contributed by atoms with Crippen LogP contribution in [0.25, 0.3) is 27.7 Å². The Balaban J connectivity index is 1.25. The van der Waals surface area contributed by atoms with Crippen LogP contribution in [0, 0.1) is 11.3 Å². The summed E-state index contributed by atoms with van der Waals surface area (Å²) in [5, 5.41) is 4.24. The zero-order chi connectivity index (χ0) is 38.6. The maximum atomic E-state index is 14.5. The molecule has 3 fully saturated rings. The molecule has 4 heterocycles. The lowest BCUT2D eigenvalue weighted by Gasteiger charge is -2.35. The number of ether oxygens (including phenoxy) is 2. The first-order valence-electron chi connectivity index (χ1n) is 17.7. The van der Waals surface area contributed by atoms with Crippen LogP contribution in [0.5, 0.6) is 5.88 Å². The molecule has 2 aromatic heterocycles. The topological polar surface area (TPSA) is 186 Å². The van der Waals surface area contributed by atoms with Crippen LogP contribution >= 0.6 is 11.3 Å². The highest BCUT2D eigenvalue weighted by Crippen LogP contribution is 2.48. The summed E-state index contributed by atoms with van der Waals surface area (Å²) in [5.41, 5.74) is -1.55. The number of aromatic nitrogens is 2. The SMILES string of the molecule is CC(C)(C)[C@@H]1NC(=O)OCC/C=C/c2ccc(s2)-c2nc3ccccc3nc2O[C@@H]2C[C@@H](C(=O)N[C@@]3(C(=O)NS(=O)(=O)C4CC4)C[C@H]3C(F)F)N(C2)C1=O. The van der Waals surface area contributed by atoms with E-state index in [-0.39, 0.29) is 25.5 Å². The van der Waals surface area contributed by atoms with Gasteiger partial charge in [-0.05, 0) is 61.4 Å². The van der Waals surface area contributed by atoms with Gasteiger partial charge in [-0.1, -0.05) is 39.0 Å². The molecule has 0 unspecified atom stereocenters. The largest absolute Gasteiger partial charge is 0.471 e. The molecule has 2 aliphatic carbocycles. The van der Waals surface area contributed by atoms with Crippen molar-refractivity contribution in [1.29, 1.82) is 0 Å². The number of carbonyl (C=O) groups excluding carboxylic acids is 4. The van der Waals surface area contributed by atoms with Gasteiger partial charge in [0.05, 0.1) is 40.2 Å². The van der Waals surface area contributed by atoms with Gasteiger partial charge in [-0.3, -0.25) is 19.1 Å². The minimum absolute atomic E-state index is 0.0164. The van der Waals surface area contributed by atoms with Crippen molar-refractivity contribution in [3.8, 4) is 16.5 Å². The van der Waals surface area contributed by atoms with Crippen molar-refractivity contribution in [2.45, 2.75) is 88.3 Å². The molecule has 4 aliphatic rings. The van der Waals surface area contributed by atoms with Gasteiger partial charge in [-0.15, -0.1) is 11.3 Å². The van der Waals surface area contributed by atoms with E-state index in [1.54, 1.807) is 32.9 Å². The molecule has 0 radical (unpaired) electrons. The number of cyclic esters (lactones) is 1. The number of para-hydroxylation sites is 2. The summed E-state index contributed by atoms with van der Waals surface area (Å²) in [6.45, 7) is 4.97. The standard InChI is InChI=1S/C36H40F2N6O8S2/c1-35(2,3)28-32(46)44-18-19(16-25(44)30(45)42-36(17-22(36)29(37)38)33(47)43-54(49,50)21-12-13-21)52-31-27(39-23-9-4-5-10-24(23)40-31)26-14-11-20(53-26)8-6-7-15-51-34(48)41-28/h4-6,8-11,14,19,21-22,25,28-29H,7,12-13,15-18H2,1-3H3,(H,41,48)(H,42,45)(H,43,47)/b8-6+/t19-,22+,25+,28-,36+/m1/s1. The minimum Gasteiger partial charge on any atom is -0.471 e. The van der Waals surface area contributed by atoms with E-state index in [9.17, 15) is 36.4 Å². The van der Waals surface area contributed by atoms with Gasteiger partial charge in [-0.25, -0.2) is 32.0 Å². The highest BCUT2D eigenvalue weighted by molar-refractivity contribution is 7.91. The Morgan fingerprint density at radius 3 is 2.48 bits per heavy atom. The Hall–Kier alpha value is -4.71. The van der Waals surface area contributed by atoms with E-state index in [2.05, 4.69) is 10.6 Å². The molecule has 18 heteroatoms. The summed E-state index contributed by atoms with van der Waals surface area (Å²) in [5.74, 6) is -4.42. The first kappa shape index (κ1) is 37.6. The summed E-state index contributed by atoms with van der Waals surface area (Å²) in [6, 6.07) is 8.37. The molecular formula is C36H40F2N6O8S2. The predicted molar refractivity (Wildman–Crippen MR) is 194 cm³/mol. The van der Waals surface area contributed by atoms with Crippen LogP contribution in [0.15, 0.2) is 42.5 Å². The Morgan fingerprint density at radius 1 is 1.09 bits per heavy atom. The zero-order valence-electron chi connectivity index (χ0n) is 29.7. The number of nitrogens with one attached hydrogen (secondary N) is 3. The highest BCUT2D eigenvalue weighted by Gasteiger charge is 2.67. The van der Waals surface area contributed by atoms with Crippen molar-refractivity contribution in [2.75, 3.05) is 13.2 Å². The Kier molecular flexibility index (Phi) is 9.87. The summed E-state index contributed by atoms with van der Waals surface area (Å²) in [7, 11) is -4.13. The van der Waals surface area contributed by atoms with Crippen LogP contribution in [0.1, 0.15) is 57.8 Å². The van der Waals surface area contributed by atoms with E-state index >= 15 is 0 Å². The van der Waals surface area contributed by atoms with E-state index in [4.69, 9.17) is 19.4 Å². The van der Waals surface area contributed by atoms with Gasteiger partial charge in [-0.2, -0.15) is 0 Å². The fraction of sp³-hybridized carbons (Fsp3) is 0.500. The summed E-state index contributed by atoms with van der Waals surface area (Å²) < 4.78 is 67.3. The second-order valence-electron chi connectivity index (χ2n) is 15.1. The molecule has 0 spiro atoms. The molecular weight excluding hydrogens is 747 g/mol. The number of hydrogen-bond donors (Lipinski definition) is 3. The normalized spacial score (nSPS) is 26.8. The first-order chi connectivity index (χ1) is 25.6. The Bertz CT molecular complexity index is 2140. The molecule has 2 aliphatic heterocycles. The van der Waals surface area contributed by atoms with Crippen molar-refractivity contribution in [3.63, 3.8) is 0 Å². The maximum Gasteiger partial charge on any atom is 0.407 e. The number of carbonyl (C=O) groups is 4. The number of halogens is 2. The lowest BCUT2D eigenvalue weighted by atomic mass is 9.85. The Labute approximate surface area is 314 Å². The van der Waals surface area contributed by atoms with Crippen molar-refractivity contribution in [1.82, 2.24) is 30.2 Å². The minimum atomic E-state index is -4.13. The van der Waals surface area contributed by atoms with Crippen LogP contribution in [0.2, 0.25) is 0 Å². The monoisotopic (exact) mass is 786 g/mol. The fourth-order valence-electron chi connectivity index (χ4n) is 6.76. The summed E-state index contributed by atoms with van der Waals surface area (Å²) in [6.07, 6.45) is -0.699. The zero-order valence-corrected chi connectivity index (χ0v) is 31.3. The molecule has 5 atom stereocenters. The van der Waals surface area contributed by atoms with Crippen molar-refractivity contribution < 1.29 is 45.9 Å². The number of sulfonamides is 1. The van der Waals surface area contributed by atoms with Gasteiger partial charge < -0.3 is 25.0 Å². The summed E-state index contributed by atoms with van der Waals surface area (Å²) in [4.78, 5) is 67.5. The number of nitrogens with zero attached hydrogens (tertiary/aromatic N) is 3. The number of thiophene rings is 1. The number of rotatable bonds is 6. The highest BCUT2D eigenvalue weighted by atomic mass is 32.2. The molecule has 7 rings (SSSR count). The third-order valence-electron chi connectivity index (χ3n) is 9.97. The molecule has 1 saturated heterocycles. The van der Waals surface area contributed by atoms with Gasteiger partial charge in [0.2, 0.25) is 34.1 Å². The third-order valence-corrected chi connectivity index (χ3v) is 12.8. The molecule has 14 nitrogen and oxygen atoms in total. The predicted octanol–water partition coefficient (Wildman–Crippen LogP) is 4.01. The van der Waals surface area contributed by atoms with Gasteiger partial charge in [0.1, 0.15) is 29.4 Å². The Morgan fingerprint density at radius 2 is 1.81 bits per heavy atom. The maximum absolute atomic E-state index is 14.5. The van der Waals surface area contributed by atoms with Gasteiger partial charge >= 0.3 is 6.09 Å². The van der Waals surface area contributed by atoms with E-state index in [0.717, 1.165) is 9.75 Å². The molecule has 4 amide bonds. The van der Waals surface area contributed by atoms with Gasteiger partial charge in [0, 0.05) is 11.3 Å². The third kappa shape index (κ3) is 7.62. The van der Waals surface area contributed by atoms with Gasteiger partial charge in [0.25, 0.3) is 5.91 Å². The van der Waals surface area contributed by atoms with Crippen LogP contribution in [0.4, 0.5) is 13.6 Å². The second-order valence-corrected chi connectivity index (χ2v) is 18.2. The van der Waals surface area contributed by atoms with E-state index < -0.39 is 87.0 Å². The quantitative estimate of drug-likeness (QED) is 0.330. The van der Waals surface area contributed by atoms with Crippen molar-refractivity contribution in [2.24, 2.45) is 11.3 Å². The molecule has 1 aromatic carbocycles. The average molecular weight is 787 g/mol. The van der Waals surface area contributed by atoms with Crippen molar-refractivity contribution in [3.05, 3.63) is 47.4 Å². The molecule has 2 saturated carbocycles. The number of alkyl halides is 2. The van der Waals surface area contributed by atoms with Crippen LogP contribution in [-0.2, 0) is 29.1 Å². The van der Waals surface area contributed by atoms with Crippen molar-refractivity contribution >= 4 is 62.3 Å². The number of benzene rings is 1. The van der Waals surface area contributed by atoms with Crippen LogP contribution < -0.4 is 20.1 Å². The smallest absolute Gasteiger partial charge is 0.407 e. The first-order valence-corrected chi connectivity index (χ1v) is 20.0. The second kappa shape index (κ2) is 14.2. The number of fused-ring (bicyclic) bond motifs is 7. The van der Waals surface area contributed by atoms with Crippen LogP contribution in [0.3, 0.4) is 0 Å². The molecule has 288 valence electrons. The molecule has 54 heavy (non-hydrogen) atoms. The summed E-state index contributed by atoms with van der Waals surface area (Å²) >= 11 is 1.42. The lowest BCUT2D eigenvalue weighted by molar-refractivity contribution is -0.143. The number of alkyl carbamates (subject to hydrolysis) is 1. The fourth-order valence-corrected chi connectivity index (χ4v) is 9.04. The van der Waals surface area contributed by atoms with E-state index in [0.29, 0.717) is 36.0 Å². The number of amides is 4. The molecule has 3 N–H and O–H groups in total. The molecule has 4 bridgehead atoms. The van der Waals surface area contributed by atoms with E-state index in [1.165, 1.54) is 16.2 Å². The van der Waals surface area contributed by atoms with E-state index in [1.807, 2.05) is 41.1 Å². The lowest BCUT2D eigenvalue weighted by Crippen LogP contribution is -2.60.